The minimum atomic E-state index is -0.520. The molecule has 0 unspecified atom stereocenters. The summed E-state index contributed by atoms with van der Waals surface area (Å²) in [5.74, 6) is -0.178. The molecule has 0 amide bonds. The molecule has 4 rings (SSSR count). The normalized spacial score (nSPS) is 14.7. The molecule has 1 N–H and O–H groups in total. The highest BCUT2D eigenvalue weighted by Crippen LogP contribution is 2.46. The largest absolute Gasteiger partial charge is 0.507 e. The third-order valence-corrected chi connectivity index (χ3v) is 5.46. The first kappa shape index (κ1) is 22.1. The maximum absolute atomic E-state index is 13.0. The Hall–Kier alpha value is -4.06. The Morgan fingerprint density at radius 3 is 2.58 bits per heavy atom. The molecule has 1 aliphatic heterocycles. The summed E-state index contributed by atoms with van der Waals surface area (Å²) in [5.41, 5.74) is 2.60. The van der Waals surface area contributed by atoms with Gasteiger partial charge in [0.1, 0.15) is 18.1 Å². The first-order chi connectivity index (χ1) is 15.9. The zero-order valence-electron chi connectivity index (χ0n) is 18.5. The summed E-state index contributed by atoms with van der Waals surface area (Å²) in [6.45, 7) is 6.04. The van der Waals surface area contributed by atoms with Gasteiger partial charge in [-0.2, -0.15) is 0 Å². The van der Waals surface area contributed by atoms with E-state index in [1.165, 1.54) is 13.2 Å². The summed E-state index contributed by atoms with van der Waals surface area (Å²) < 4.78 is 16.6. The number of carbonyl (C=O) groups excluding carboxylic acids is 2. The molecule has 0 aliphatic carbocycles. The standard InChI is InChI=1S/C27H24O6/c1-16(2)15-32-21-11-9-18(13-23(21)31-3)20-14-24(28)33-22-12-10-19(27(30)25(20)22)26(29)17-7-5-4-6-8-17/h4-13,20,30H,1,14-15H2,2-3H3/t20-/m1/s1. The summed E-state index contributed by atoms with van der Waals surface area (Å²) in [5, 5.41) is 11.1. The molecule has 0 aromatic heterocycles. The molecule has 3 aromatic rings. The lowest BCUT2D eigenvalue weighted by atomic mass is 9.84. The lowest BCUT2D eigenvalue weighted by Crippen LogP contribution is -2.22. The van der Waals surface area contributed by atoms with Crippen molar-refractivity contribution in [2.24, 2.45) is 0 Å². The van der Waals surface area contributed by atoms with E-state index in [0.29, 0.717) is 29.2 Å². The van der Waals surface area contributed by atoms with E-state index in [1.54, 1.807) is 42.5 Å². The van der Waals surface area contributed by atoms with E-state index in [1.807, 2.05) is 19.1 Å². The second kappa shape index (κ2) is 9.20. The number of methoxy groups -OCH3 is 1. The van der Waals surface area contributed by atoms with Gasteiger partial charge in [0.25, 0.3) is 0 Å². The summed E-state index contributed by atoms with van der Waals surface area (Å²) in [6, 6.07) is 17.1. The van der Waals surface area contributed by atoms with Crippen molar-refractivity contribution >= 4 is 11.8 Å². The van der Waals surface area contributed by atoms with E-state index in [4.69, 9.17) is 14.2 Å². The van der Waals surface area contributed by atoms with Gasteiger partial charge in [-0.3, -0.25) is 9.59 Å². The molecule has 6 nitrogen and oxygen atoms in total. The molecule has 3 aromatic carbocycles. The van der Waals surface area contributed by atoms with Gasteiger partial charge in [-0.1, -0.05) is 43.0 Å². The molecular weight excluding hydrogens is 420 g/mol. The molecule has 1 atom stereocenters. The SMILES string of the molecule is C=C(C)COc1ccc([C@H]2CC(=O)Oc3ccc(C(=O)c4ccccc4)c(O)c32)cc1OC. The first-order valence-corrected chi connectivity index (χ1v) is 10.5. The van der Waals surface area contributed by atoms with Crippen LogP contribution < -0.4 is 14.2 Å². The van der Waals surface area contributed by atoms with E-state index < -0.39 is 11.9 Å². The maximum Gasteiger partial charge on any atom is 0.312 e. The van der Waals surface area contributed by atoms with E-state index >= 15 is 0 Å². The number of phenols is 1. The molecule has 6 heteroatoms. The predicted molar refractivity (Wildman–Crippen MR) is 123 cm³/mol. The number of phenolic OH excluding ortho intramolecular Hbond substituents is 1. The van der Waals surface area contributed by atoms with Gasteiger partial charge in [-0.05, 0) is 42.3 Å². The van der Waals surface area contributed by atoms with Crippen molar-refractivity contribution in [3.05, 3.63) is 95.1 Å². The molecule has 0 saturated heterocycles. The van der Waals surface area contributed by atoms with Gasteiger partial charge in [0, 0.05) is 17.0 Å². The molecule has 0 saturated carbocycles. The molecule has 0 spiro atoms. The maximum atomic E-state index is 13.0. The Balaban J connectivity index is 1.77. The van der Waals surface area contributed by atoms with Crippen LogP contribution in [0.3, 0.4) is 0 Å². The van der Waals surface area contributed by atoms with E-state index in [-0.39, 0.29) is 29.3 Å². The summed E-state index contributed by atoms with van der Waals surface area (Å²) in [6.07, 6.45) is 0.0126. The minimum absolute atomic E-state index is 0.0126. The lowest BCUT2D eigenvalue weighted by molar-refractivity contribution is -0.135. The van der Waals surface area contributed by atoms with Gasteiger partial charge in [-0.25, -0.2) is 0 Å². The number of esters is 1. The topological polar surface area (TPSA) is 82.1 Å². The number of hydrogen-bond acceptors (Lipinski definition) is 6. The van der Waals surface area contributed by atoms with Crippen molar-refractivity contribution in [1.82, 2.24) is 0 Å². The highest BCUT2D eigenvalue weighted by atomic mass is 16.5. The molecular formula is C27H24O6. The van der Waals surface area contributed by atoms with Gasteiger partial charge in [0.15, 0.2) is 17.3 Å². The number of rotatable bonds is 7. The van der Waals surface area contributed by atoms with Gasteiger partial charge in [-0.15, -0.1) is 0 Å². The number of hydrogen-bond donors (Lipinski definition) is 1. The third-order valence-electron chi connectivity index (χ3n) is 5.46. The fraction of sp³-hybridized carbons (Fsp3) is 0.185. The smallest absolute Gasteiger partial charge is 0.312 e. The molecule has 0 fully saturated rings. The fourth-order valence-electron chi connectivity index (χ4n) is 3.88. The monoisotopic (exact) mass is 444 g/mol. The number of ketones is 1. The average Bonchev–Trinajstić information content (AvgIpc) is 2.82. The Morgan fingerprint density at radius 1 is 1.12 bits per heavy atom. The molecule has 0 bridgehead atoms. The van der Waals surface area contributed by atoms with Crippen LogP contribution in [-0.4, -0.2) is 30.6 Å². The van der Waals surface area contributed by atoms with Crippen molar-refractivity contribution in [3.8, 4) is 23.0 Å². The van der Waals surface area contributed by atoms with Gasteiger partial charge in [0.05, 0.1) is 19.1 Å². The van der Waals surface area contributed by atoms with Crippen LogP contribution in [-0.2, 0) is 4.79 Å². The van der Waals surface area contributed by atoms with Crippen LogP contribution in [0, 0.1) is 0 Å². The van der Waals surface area contributed by atoms with Crippen molar-refractivity contribution in [2.45, 2.75) is 19.3 Å². The van der Waals surface area contributed by atoms with Crippen LogP contribution in [0.1, 0.15) is 46.3 Å². The van der Waals surface area contributed by atoms with Crippen LogP contribution in [0.25, 0.3) is 0 Å². The molecule has 1 heterocycles. The van der Waals surface area contributed by atoms with E-state index in [2.05, 4.69) is 6.58 Å². The molecule has 33 heavy (non-hydrogen) atoms. The second-order valence-corrected chi connectivity index (χ2v) is 7.96. The lowest BCUT2D eigenvalue weighted by Gasteiger charge is -2.27. The van der Waals surface area contributed by atoms with Gasteiger partial charge in [0.2, 0.25) is 0 Å². The summed E-state index contributed by atoms with van der Waals surface area (Å²) >= 11 is 0. The van der Waals surface area contributed by atoms with Crippen LogP contribution in [0.5, 0.6) is 23.0 Å². The minimum Gasteiger partial charge on any atom is -0.507 e. The Kier molecular flexibility index (Phi) is 6.18. The molecule has 0 radical (unpaired) electrons. The molecule has 1 aliphatic rings. The average molecular weight is 444 g/mol. The van der Waals surface area contributed by atoms with Crippen LogP contribution in [0.2, 0.25) is 0 Å². The summed E-state index contributed by atoms with van der Waals surface area (Å²) in [4.78, 5) is 25.3. The predicted octanol–water partition coefficient (Wildman–Crippen LogP) is 5.03. The van der Waals surface area contributed by atoms with Crippen molar-refractivity contribution in [3.63, 3.8) is 0 Å². The van der Waals surface area contributed by atoms with Crippen molar-refractivity contribution in [1.29, 1.82) is 0 Å². The van der Waals surface area contributed by atoms with Crippen LogP contribution in [0.15, 0.2) is 72.8 Å². The van der Waals surface area contributed by atoms with Gasteiger partial charge < -0.3 is 19.3 Å². The van der Waals surface area contributed by atoms with Crippen molar-refractivity contribution in [2.75, 3.05) is 13.7 Å². The summed E-state index contributed by atoms with van der Waals surface area (Å²) in [7, 11) is 1.53. The number of benzene rings is 3. The Labute approximate surface area is 192 Å². The second-order valence-electron chi connectivity index (χ2n) is 7.96. The fourth-order valence-corrected chi connectivity index (χ4v) is 3.88. The van der Waals surface area contributed by atoms with E-state index in [0.717, 1.165) is 11.1 Å². The number of aromatic hydroxyl groups is 1. The van der Waals surface area contributed by atoms with Crippen LogP contribution >= 0.6 is 0 Å². The zero-order valence-corrected chi connectivity index (χ0v) is 18.5. The molecule has 168 valence electrons. The number of carbonyl (C=O) groups is 2. The first-order valence-electron chi connectivity index (χ1n) is 10.5. The highest BCUT2D eigenvalue weighted by molar-refractivity contribution is 6.11. The quantitative estimate of drug-likeness (QED) is 0.238. The van der Waals surface area contributed by atoms with Crippen molar-refractivity contribution < 1.29 is 28.9 Å². The van der Waals surface area contributed by atoms with Gasteiger partial charge >= 0.3 is 5.97 Å². The Morgan fingerprint density at radius 2 is 1.88 bits per heavy atom. The third kappa shape index (κ3) is 4.46. The number of fused-ring (bicyclic) bond motifs is 1. The van der Waals surface area contributed by atoms with Crippen LogP contribution in [0.4, 0.5) is 0 Å². The Bertz CT molecular complexity index is 1230. The number of ether oxygens (including phenoxy) is 3. The highest BCUT2D eigenvalue weighted by Gasteiger charge is 2.34. The van der Waals surface area contributed by atoms with E-state index in [9.17, 15) is 14.7 Å². The zero-order chi connectivity index (χ0) is 23.5.